The molecule has 0 aromatic heterocycles. The molecule has 0 saturated heterocycles. The van der Waals surface area contributed by atoms with Gasteiger partial charge in [-0.3, -0.25) is 0 Å². The summed E-state index contributed by atoms with van der Waals surface area (Å²) < 4.78 is 63.3. The standard InChI is InChI=1S/C19H19F3O4S/c1-14(23)13-17(8-7-15-5-3-2-4-6-15)16-9-11-18(12-10-16)26-27(24,25)19(20,21)22/h2-6,9-12,17H,7-8,13H2,1H3/t17-/m1/s1. The third-order valence-electron chi connectivity index (χ3n) is 4.00. The van der Waals surface area contributed by atoms with Crippen LogP contribution < -0.4 is 4.18 Å². The van der Waals surface area contributed by atoms with E-state index in [-0.39, 0.29) is 18.1 Å². The Morgan fingerprint density at radius 1 is 1.04 bits per heavy atom. The van der Waals surface area contributed by atoms with Gasteiger partial charge >= 0.3 is 15.6 Å². The second-order valence-electron chi connectivity index (χ2n) is 6.18. The summed E-state index contributed by atoms with van der Waals surface area (Å²) in [7, 11) is -5.70. The first-order valence-electron chi connectivity index (χ1n) is 8.22. The number of rotatable bonds is 8. The molecule has 0 fully saturated rings. The van der Waals surface area contributed by atoms with E-state index in [0.717, 1.165) is 29.7 Å². The first-order chi connectivity index (χ1) is 12.6. The molecular weight excluding hydrogens is 381 g/mol. The molecule has 0 amide bonds. The Hall–Kier alpha value is -2.35. The Bertz CT molecular complexity index is 860. The predicted octanol–water partition coefficient (Wildman–Crippen LogP) is 4.61. The van der Waals surface area contributed by atoms with E-state index >= 15 is 0 Å². The van der Waals surface area contributed by atoms with Crippen LogP contribution in [0.25, 0.3) is 0 Å². The molecule has 2 aromatic carbocycles. The van der Waals surface area contributed by atoms with Crippen LogP contribution in [0.1, 0.15) is 36.8 Å². The molecule has 0 aliphatic heterocycles. The quantitative estimate of drug-likeness (QED) is 0.480. The SMILES string of the molecule is CC(=O)C[C@@H](CCc1ccccc1)c1ccc(OS(=O)(=O)C(F)(F)F)cc1. The second-order valence-corrected chi connectivity index (χ2v) is 7.72. The molecule has 146 valence electrons. The fourth-order valence-electron chi connectivity index (χ4n) is 2.69. The highest BCUT2D eigenvalue weighted by atomic mass is 32.2. The number of hydrogen-bond donors (Lipinski definition) is 0. The highest BCUT2D eigenvalue weighted by molar-refractivity contribution is 7.88. The molecule has 0 N–H and O–H groups in total. The molecule has 8 heteroatoms. The van der Waals surface area contributed by atoms with E-state index in [0.29, 0.717) is 6.42 Å². The summed E-state index contributed by atoms with van der Waals surface area (Å²) in [6.45, 7) is 1.48. The van der Waals surface area contributed by atoms with Gasteiger partial charge in [-0.25, -0.2) is 0 Å². The number of ketones is 1. The van der Waals surface area contributed by atoms with Crippen molar-refractivity contribution in [2.75, 3.05) is 0 Å². The van der Waals surface area contributed by atoms with Crippen molar-refractivity contribution in [2.24, 2.45) is 0 Å². The van der Waals surface area contributed by atoms with E-state index in [2.05, 4.69) is 4.18 Å². The third-order valence-corrected chi connectivity index (χ3v) is 4.98. The van der Waals surface area contributed by atoms with Crippen LogP contribution in [0.15, 0.2) is 54.6 Å². The van der Waals surface area contributed by atoms with Crippen molar-refractivity contribution in [1.82, 2.24) is 0 Å². The predicted molar refractivity (Wildman–Crippen MR) is 94.8 cm³/mol. The first-order valence-corrected chi connectivity index (χ1v) is 9.63. The van der Waals surface area contributed by atoms with Gasteiger partial charge in [0.25, 0.3) is 0 Å². The lowest BCUT2D eigenvalue weighted by atomic mass is 9.88. The van der Waals surface area contributed by atoms with Crippen molar-refractivity contribution in [3.63, 3.8) is 0 Å². The van der Waals surface area contributed by atoms with Gasteiger partial charge in [-0.2, -0.15) is 21.6 Å². The Balaban J connectivity index is 2.13. The summed E-state index contributed by atoms with van der Waals surface area (Å²) in [6.07, 6.45) is 1.69. The van der Waals surface area contributed by atoms with Gasteiger partial charge in [0, 0.05) is 6.42 Å². The van der Waals surface area contributed by atoms with Crippen molar-refractivity contribution in [1.29, 1.82) is 0 Å². The number of carbonyl (C=O) groups excluding carboxylic acids is 1. The van der Waals surface area contributed by atoms with Crippen molar-refractivity contribution in [3.05, 3.63) is 65.7 Å². The number of halogens is 3. The average molecular weight is 400 g/mol. The fourth-order valence-corrected chi connectivity index (χ4v) is 3.15. The van der Waals surface area contributed by atoms with Crippen LogP contribution in [0, 0.1) is 0 Å². The molecule has 2 rings (SSSR count). The van der Waals surface area contributed by atoms with Crippen LogP contribution >= 0.6 is 0 Å². The van der Waals surface area contributed by atoms with Gasteiger partial charge in [0.15, 0.2) is 0 Å². The van der Waals surface area contributed by atoms with Crippen LogP contribution in [0.4, 0.5) is 13.2 Å². The number of Topliss-reactive ketones (excluding diaryl/α,β-unsaturated/α-hetero) is 1. The summed E-state index contributed by atoms with van der Waals surface area (Å²) in [6, 6.07) is 15.0. The number of hydrogen-bond acceptors (Lipinski definition) is 4. The second kappa shape index (κ2) is 8.56. The lowest BCUT2D eigenvalue weighted by Crippen LogP contribution is -2.28. The molecule has 2 aromatic rings. The van der Waals surface area contributed by atoms with E-state index < -0.39 is 21.4 Å². The Morgan fingerprint density at radius 3 is 2.15 bits per heavy atom. The summed E-state index contributed by atoms with van der Waals surface area (Å²) in [5.74, 6) is -0.565. The summed E-state index contributed by atoms with van der Waals surface area (Å²) in [5.41, 5.74) is -3.64. The molecule has 4 nitrogen and oxygen atoms in total. The van der Waals surface area contributed by atoms with Gasteiger partial charge in [0.2, 0.25) is 0 Å². The third kappa shape index (κ3) is 6.09. The molecule has 27 heavy (non-hydrogen) atoms. The monoisotopic (exact) mass is 400 g/mol. The van der Waals surface area contributed by atoms with Gasteiger partial charge in [-0.1, -0.05) is 42.5 Å². The van der Waals surface area contributed by atoms with E-state index in [4.69, 9.17) is 0 Å². The van der Waals surface area contributed by atoms with Crippen LogP contribution in [-0.4, -0.2) is 19.7 Å². The number of carbonyl (C=O) groups is 1. The van der Waals surface area contributed by atoms with E-state index in [1.54, 1.807) is 0 Å². The summed E-state index contributed by atoms with van der Waals surface area (Å²) in [5, 5.41) is 0. The average Bonchev–Trinajstić information content (AvgIpc) is 2.58. The minimum absolute atomic E-state index is 0.00645. The van der Waals surface area contributed by atoms with Gasteiger partial charge in [-0.15, -0.1) is 0 Å². The van der Waals surface area contributed by atoms with Crippen molar-refractivity contribution < 1.29 is 30.6 Å². The number of benzene rings is 2. The molecule has 0 aliphatic rings. The maximum Gasteiger partial charge on any atom is 0.534 e. The maximum atomic E-state index is 12.4. The molecule has 0 saturated carbocycles. The zero-order valence-electron chi connectivity index (χ0n) is 14.6. The van der Waals surface area contributed by atoms with Crippen molar-refractivity contribution in [2.45, 2.75) is 37.6 Å². The van der Waals surface area contributed by atoms with Crippen LogP contribution in [-0.2, 0) is 21.3 Å². The lowest BCUT2D eigenvalue weighted by molar-refractivity contribution is -0.117. The molecular formula is C19H19F3O4S. The zero-order chi connectivity index (χ0) is 20.1. The van der Waals surface area contributed by atoms with Crippen molar-refractivity contribution in [3.8, 4) is 5.75 Å². The fraction of sp³-hybridized carbons (Fsp3) is 0.316. The summed E-state index contributed by atoms with van der Waals surface area (Å²) >= 11 is 0. The maximum absolute atomic E-state index is 12.4. The van der Waals surface area contributed by atoms with E-state index in [1.807, 2.05) is 30.3 Å². The molecule has 0 unspecified atom stereocenters. The molecule has 0 heterocycles. The smallest absolute Gasteiger partial charge is 0.376 e. The molecule has 0 bridgehead atoms. The van der Waals surface area contributed by atoms with Gasteiger partial charge in [-0.05, 0) is 48.9 Å². The highest BCUT2D eigenvalue weighted by Gasteiger charge is 2.48. The molecule has 0 radical (unpaired) electrons. The Labute approximate surface area is 156 Å². The van der Waals surface area contributed by atoms with Gasteiger partial charge in [0.05, 0.1) is 0 Å². The minimum Gasteiger partial charge on any atom is -0.376 e. The molecule has 0 spiro atoms. The summed E-state index contributed by atoms with van der Waals surface area (Å²) in [4.78, 5) is 11.6. The van der Waals surface area contributed by atoms with E-state index in [1.165, 1.54) is 19.1 Å². The molecule has 1 atom stereocenters. The van der Waals surface area contributed by atoms with Gasteiger partial charge < -0.3 is 8.98 Å². The van der Waals surface area contributed by atoms with Crippen LogP contribution in [0.3, 0.4) is 0 Å². The highest BCUT2D eigenvalue weighted by Crippen LogP contribution is 2.30. The first kappa shape index (κ1) is 21.0. The number of alkyl halides is 3. The largest absolute Gasteiger partial charge is 0.534 e. The lowest BCUT2D eigenvalue weighted by Gasteiger charge is -2.17. The zero-order valence-corrected chi connectivity index (χ0v) is 15.4. The normalized spacial score (nSPS) is 13.2. The van der Waals surface area contributed by atoms with Crippen LogP contribution in [0.2, 0.25) is 0 Å². The van der Waals surface area contributed by atoms with Crippen molar-refractivity contribution >= 4 is 15.9 Å². The Kier molecular flexibility index (Phi) is 6.64. The minimum atomic E-state index is -5.70. The van der Waals surface area contributed by atoms with E-state index in [9.17, 15) is 26.4 Å². The molecule has 0 aliphatic carbocycles. The van der Waals surface area contributed by atoms with Gasteiger partial charge in [0.1, 0.15) is 11.5 Å². The number of aryl methyl sites for hydroxylation is 1. The topological polar surface area (TPSA) is 60.4 Å². The van der Waals surface area contributed by atoms with Crippen LogP contribution in [0.5, 0.6) is 5.75 Å². The Morgan fingerprint density at radius 2 is 1.63 bits per heavy atom.